The van der Waals surface area contributed by atoms with Gasteiger partial charge in [0.2, 0.25) is 0 Å². The molecular weight excluding hydrogens is 270 g/mol. The van der Waals surface area contributed by atoms with Crippen molar-refractivity contribution < 1.29 is 0 Å². The zero-order valence-corrected chi connectivity index (χ0v) is 13.1. The van der Waals surface area contributed by atoms with Crippen molar-refractivity contribution in [2.45, 2.75) is 32.7 Å². The zero-order valence-electron chi connectivity index (χ0n) is 12.4. The summed E-state index contributed by atoms with van der Waals surface area (Å²) < 4.78 is 2.08. The van der Waals surface area contributed by atoms with Crippen LogP contribution in [0.2, 0.25) is 5.02 Å². The van der Waals surface area contributed by atoms with Gasteiger partial charge in [0.25, 0.3) is 0 Å². The highest BCUT2D eigenvalue weighted by Crippen LogP contribution is 2.25. The van der Waals surface area contributed by atoms with Crippen molar-refractivity contribution in [1.29, 1.82) is 0 Å². The topological polar surface area (TPSA) is 29.9 Å². The summed E-state index contributed by atoms with van der Waals surface area (Å²) in [5, 5.41) is 4.35. The van der Waals surface area contributed by atoms with Crippen molar-refractivity contribution in [3.63, 3.8) is 0 Å². The molecule has 2 aromatic rings. The quantitative estimate of drug-likeness (QED) is 0.880. The molecule has 20 heavy (non-hydrogen) atoms. The Kier molecular flexibility index (Phi) is 5.21. The number of rotatable bonds is 6. The summed E-state index contributed by atoms with van der Waals surface area (Å²) in [6.45, 7) is 5.21. The second-order valence-corrected chi connectivity index (χ2v) is 5.54. The lowest BCUT2D eigenvalue weighted by Crippen LogP contribution is -2.22. The van der Waals surface area contributed by atoms with Crippen LogP contribution in [0, 0.1) is 6.92 Å². The van der Waals surface area contributed by atoms with Crippen LogP contribution in [0.25, 0.3) is 0 Å². The molecular formula is C16H22ClN3. The number of halogens is 1. The van der Waals surface area contributed by atoms with Gasteiger partial charge in [-0.2, -0.15) is 0 Å². The average Bonchev–Trinajstić information content (AvgIpc) is 2.83. The van der Waals surface area contributed by atoms with Gasteiger partial charge in [0.15, 0.2) is 0 Å². The predicted octanol–water partition coefficient (Wildman–Crippen LogP) is 3.67. The molecule has 0 saturated heterocycles. The first kappa shape index (κ1) is 15.1. The van der Waals surface area contributed by atoms with E-state index >= 15 is 0 Å². The van der Waals surface area contributed by atoms with Crippen LogP contribution in [-0.4, -0.2) is 16.1 Å². The summed E-state index contributed by atoms with van der Waals surface area (Å²) in [6.07, 6.45) is 5.80. The normalized spacial score (nSPS) is 12.6. The van der Waals surface area contributed by atoms with Crippen LogP contribution in [0.3, 0.4) is 0 Å². The van der Waals surface area contributed by atoms with E-state index in [9.17, 15) is 0 Å². The van der Waals surface area contributed by atoms with Crippen molar-refractivity contribution in [3.05, 3.63) is 52.6 Å². The molecule has 1 heterocycles. The molecule has 1 aromatic heterocycles. The van der Waals surface area contributed by atoms with Gasteiger partial charge in [-0.15, -0.1) is 0 Å². The number of nitrogens with one attached hydrogen (secondary N) is 1. The Bertz CT molecular complexity index is 563. The van der Waals surface area contributed by atoms with E-state index in [4.69, 9.17) is 11.6 Å². The lowest BCUT2D eigenvalue weighted by Gasteiger charge is -2.20. The lowest BCUT2D eigenvalue weighted by atomic mass is 9.97. The number of aromatic nitrogens is 2. The third kappa shape index (κ3) is 3.62. The van der Waals surface area contributed by atoms with E-state index in [2.05, 4.69) is 40.8 Å². The highest BCUT2D eigenvalue weighted by atomic mass is 35.5. The number of hydrogen-bond donors (Lipinski definition) is 1. The maximum Gasteiger partial charge on any atom is 0.108 e. The van der Waals surface area contributed by atoms with Crippen LogP contribution in [0.5, 0.6) is 0 Å². The SMILES string of the molecule is CCNC(CCc1nccn1C)c1cc(Cl)ccc1C. The molecule has 0 bridgehead atoms. The molecule has 0 amide bonds. The fourth-order valence-electron chi connectivity index (χ4n) is 2.51. The molecule has 1 N–H and O–H groups in total. The Hall–Kier alpha value is -1.32. The van der Waals surface area contributed by atoms with Gasteiger partial charge in [-0.3, -0.25) is 0 Å². The molecule has 0 radical (unpaired) electrons. The summed E-state index contributed by atoms with van der Waals surface area (Å²) in [6, 6.07) is 6.42. The highest BCUT2D eigenvalue weighted by Gasteiger charge is 2.14. The van der Waals surface area contributed by atoms with E-state index in [0.717, 1.165) is 30.2 Å². The highest BCUT2D eigenvalue weighted by molar-refractivity contribution is 6.30. The predicted molar refractivity (Wildman–Crippen MR) is 84.1 cm³/mol. The van der Waals surface area contributed by atoms with Crippen molar-refractivity contribution in [1.82, 2.24) is 14.9 Å². The fraction of sp³-hybridized carbons (Fsp3) is 0.438. The first-order chi connectivity index (χ1) is 9.61. The van der Waals surface area contributed by atoms with E-state index in [-0.39, 0.29) is 0 Å². The maximum atomic E-state index is 6.14. The van der Waals surface area contributed by atoms with Crippen molar-refractivity contribution in [2.24, 2.45) is 7.05 Å². The summed E-state index contributed by atoms with van der Waals surface area (Å²) in [5.41, 5.74) is 2.56. The van der Waals surface area contributed by atoms with E-state index in [0.29, 0.717) is 6.04 Å². The Morgan fingerprint density at radius 2 is 2.20 bits per heavy atom. The third-order valence-electron chi connectivity index (χ3n) is 3.64. The Morgan fingerprint density at radius 1 is 1.40 bits per heavy atom. The molecule has 3 nitrogen and oxygen atoms in total. The van der Waals surface area contributed by atoms with Crippen LogP contribution < -0.4 is 5.32 Å². The molecule has 1 unspecified atom stereocenters. The van der Waals surface area contributed by atoms with E-state index in [1.54, 1.807) is 0 Å². The third-order valence-corrected chi connectivity index (χ3v) is 3.88. The average molecular weight is 292 g/mol. The van der Waals surface area contributed by atoms with E-state index in [1.807, 2.05) is 25.5 Å². The van der Waals surface area contributed by atoms with E-state index in [1.165, 1.54) is 11.1 Å². The summed E-state index contributed by atoms with van der Waals surface area (Å²) in [4.78, 5) is 4.39. The van der Waals surface area contributed by atoms with Crippen molar-refractivity contribution >= 4 is 11.6 Å². The van der Waals surface area contributed by atoms with Crippen LogP contribution in [0.15, 0.2) is 30.6 Å². The molecule has 4 heteroatoms. The number of benzene rings is 1. The molecule has 0 spiro atoms. The van der Waals surface area contributed by atoms with Crippen LogP contribution >= 0.6 is 11.6 Å². The smallest absolute Gasteiger partial charge is 0.108 e. The van der Waals surface area contributed by atoms with Crippen LogP contribution in [0.1, 0.15) is 36.3 Å². The largest absolute Gasteiger partial charge is 0.338 e. The molecule has 1 atom stereocenters. The molecule has 1 aromatic carbocycles. The lowest BCUT2D eigenvalue weighted by molar-refractivity contribution is 0.504. The molecule has 0 saturated carbocycles. The minimum absolute atomic E-state index is 0.315. The molecule has 0 aliphatic rings. The van der Waals surface area contributed by atoms with Crippen LogP contribution in [-0.2, 0) is 13.5 Å². The second-order valence-electron chi connectivity index (χ2n) is 5.10. The van der Waals surface area contributed by atoms with Gasteiger partial charge in [0, 0.05) is 36.9 Å². The van der Waals surface area contributed by atoms with E-state index < -0.39 is 0 Å². The number of aryl methyl sites for hydroxylation is 3. The van der Waals surface area contributed by atoms with Crippen LogP contribution in [0.4, 0.5) is 0 Å². The fourth-order valence-corrected chi connectivity index (χ4v) is 2.69. The van der Waals surface area contributed by atoms with Gasteiger partial charge >= 0.3 is 0 Å². The minimum atomic E-state index is 0.315. The zero-order chi connectivity index (χ0) is 14.5. The minimum Gasteiger partial charge on any atom is -0.338 e. The van der Waals surface area contributed by atoms with Gasteiger partial charge < -0.3 is 9.88 Å². The summed E-state index contributed by atoms with van der Waals surface area (Å²) in [5.74, 6) is 1.12. The van der Waals surface area contributed by atoms with Gasteiger partial charge in [0.05, 0.1) is 0 Å². The number of imidazole rings is 1. The van der Waals surface area contributed by atoms with Crippen molar-refractivity contribution in [3.8, 4) is 0 Å². The Labute approximate surface area is 126 Å². The molecule has 0 fully saturated rings. The maximum absolute atomic E-state index is 6.14. The number of hydrogen-bond acceptors (Lipinski definition) is 2. The standard InChI is InChI=1S/C16H22ClN3/c1-4-18-15(7-8-16-19-9-10-20(16)3)14-11-13(17)6-5-12(14)2/h5-6,9-11,15,18H,4,7-8H2,1-3H3. The molecule has 0 aliphatic carbocycles. The van der Waals surface area contributed by atoms with Gasteiger partial charge in [-0.05, 0) is 43.1 Å². The molecule has 2 rings (SSSR count). The van der Waals surface area contributed by atoms with Gasteiger partial charge in [-0.1, -0.05) is 24.6 Å². The van der Waals surface area contributed by atoms with Gasteiger partial charge in [0.1, 0.15) is 5.82 Å². The monoisotopic (exact) mass is 291 g/mol. The Balaban J connectivity index is 2.14. The second kappa shape index (κ2) is 6.91. The molecule has 108 valence electrons. The summed E-state index contributed by atoms with van der Waals surface area (Å²) >= 11 is 6.14. The van der Waals surface area contributed by atoms with Crippen molar-refractivity contribution in [2.75, 3.05) is 6.54 Å². The summed E-state index contributed by atoms with van der Waals surface area (Å²) in [7, 11) is 2.04. The number of nitrogens with zero attached hydrogens (tertiary/aromatic N) is 2. The Morgan fingerprint density at radius 3 is 2.85 bits per heavy atom. The molecule has 0 aliphatic heterocycles. The van der Waals surface area contributed by atoms with Gasteiger partial charge in [-0.25, -0.2) is 4.98 Å². The first-order valence-electron chi connectivity index (χ1n) is 7.07. The first-order valence-corrected chi connectivity index (χ1v) is 7.45.